The Bertz CT molecular complexity index is 471. The molecule has 18 heavy (non-hydrogen) atoms. The van der Waals surface area contributed by atoms with Crippen molar-refractivity contribution in [1.29, 1.82) is 0 Å². The van der Waals surface area contributed by atoms with Gasteiger partial charge in [0.25, 0.3) is 5.91 Å². The first kappa shape index (κ1) is 13.9. The highest BCUT2D eigenvalue weighted by Crippen LogP contribution is 2.21. The molecule has 1 aromatic rings. The van der Waals surface area contributed by atoms with Crippen LogP contribution >= 0.6 is 0 Å². The van der Waals surface area contributed by atoms with Gasteiger partial charge in [-0.3, -0.25) is 14.4 Å². The minimum atomic E-state index is -0.505. The van der Waals surface area contributed by atoms with E-state index in [1.54, 1.807) is 26.0 Å². The van der Waals surface area contributed by atoms with Gasteiger partial charge in [-0.2, -0.15) is 0 Å². The zero-order chi connectivity index (χ0) is 13.7. The van der Waals surface area contributed by atoms with Crippen LogP contribution in [0, 0.1) is 13.8 Å². The third kappa shape index (κ3) is 3.69. The molecule has 0 heterocycles. The van der Waals surface area contributed by atoms with Crippen LogP contribution in [-0.4, -0.2) is 24.8 Å². The van der Waals surface area contributed by atoms with Gasteiger partial charge in [-0.05, 0) is 37.1 Å². The van der Waals surface area contributed by atoms with Gasteiger partial charge in [0.05, 0.1) is 0 Å². The summed E-state index contributed by atoms with van der Waals surface area (Å²) in [6.45, 7) is 4.51. The molecule has 0 unspecified atom stereocenters. The first-order valence-corrected chi connectivity index (χ1v) is 5.43. The zero-order valence-electron chi connectivity index (χ0n) is 10.6. The molecule has 0 aliphatic carbocycles. The predicted octanol–water partition coefficient (Wildman–Crippen LogP) is 1.62. The number of hydrogen-bond donors (Lipinski definition) is 1. The number of aryl methyl sites for hydroxylation is 2. The maximum atomic E-state index is 11.5. The Morgan fingerprint density at radius 2 is 1.83 bits per heavy atom. The highest BCUT2D eigenvalue weighted by atomic mass is 16.5. The highest BCUT2D eigenvalue weighted by molar-refractivity contribution is 5.94. The zero-order valence-corrected chi connectivity index (χ0v) is 10.6. The minimum absolute atomic E-state index is 0.316. The van der Waals surface area contributed by atoms with Crippen molar-refractivity contribution in [2.45, 2.75) is 20.8 Å². The summed E-state index contributed by atoms with van der Waals surface area (Å²) in [4.78, 5) is 32.8. The topological polar surface area (TPSA) is 72.5 Å². The SMILES string of the molecule is CC(=O)OCC(=O)Nc1c(C)cc(C=O)cc1C. The Labute approximate surface area is 105 Å². The first-order chi connectivity index (χ1) is 8.43. The van der Waals surface area contributed by atoms with E-state index < -0.39 is 11.9 Å². The van der Waals surface area contributed by atoms with Crippen LogP contribution in [0.2, 0.25) is 0 Å². The molecule has 0 saturated heterocycles. The molecule has 1 N–H and O–H groups in total. The second kappa shape index (κ2) is 5.95. The fourth-order valence-corrected chi connectivity index (χ4v) is 1.60. The number of ether oxygens (including phenoxy) is 1. The van der Waals surface area contributed by atoms with E-state index in [4.69, 9.17) is 0 Å². The number of anilines is 1. The Balaban J connectivity index is 2.81. The average molecular weight is 249 g/mol. The van der Waals surface area contributed by atoms with Crippen molar-refractivity contribution in [2.75, 3.05) is 11.9 Å². The summed E-state index contributed by atoms with van der Waals surface area (Å²) < 4.78 is 4.59. The second-order valence-corrected chi connectivity index (χ2v) is 3.98. The first-order valence-electron chi connectivity index (χ1n) is 5.43. The third-order valence-corrected chi connectivity index (χ3v) is 2.36. The normalized spacial score (nSPS) is 9.72. The molecular weight excluding hydrogens is 234 g/mol. The molecule has 0 aliphatic rings. The van der Waals surface area contributed by atoms with Gasteiger partial charge in [0.2, 0.25) is 0 Å². The van der Waals surface area contributed by atoms with E-state index in [1.165, 1.54) is 6.92 Å². The Morgan fingerprint density at radius 1 is 1.28 bits per heavy atom. The average Bonchev–Trinajstić information content (AvgIpc) is 2.30. The highest BCUT2D eigenvalue weighted by Gasteiger charge is 2.10. The maximum absolute atomic E-state index is 11.5. The van der Waals surface area contributed by atoms with Gasteiger partial charge >= 0.3 is 5.97 Å². The minimum Gasteiger partial charge on any atom is -0.456 e. The summed E-state index contributed by atoms with van der Waals surface area (Å²) >= 11 is 0. The van der Waals surface area contributed by atoms with Crippen LogP contribution in [0.1, 0.15) is 28.4 Å². The van der Waals surface area contributed by atoms with Crippen molar-refractivity contribution < 1.29 is 19.1 Å². The number of carbonyl (C=O) groups is 3. The lowest BCUT2D eigenvalue weighted by molar-refractivity contribution is -0.144. The smallest absolute Gasteiger partial charge is 0.303 e. The maximum Gasteiger partial charge on any atom is 0.303 e. The van der Waals surface area contributed by atoms with Gasteiger partial charge in [-0.25, -0.2) is 0 Å². The van der Waals surface area contributed by atoms with E-state index in [1.807, 2.05) is 0 Å². The standard InChI is InChI=1S/C13H15NO4/c1-8-4-11(6-15)5-9(2)13(8)14-12(17)7-18-10(3)16/h4-6H,7H2,1-3H3,(H,14,17). The van der Waals surface area contributed by atoms with Crippen LogP contribution < -0.4 is 5.32 Å². The lowest BCUT2D eigenvalue weighted by atomic mass is 10.0. The Hall–Kier alpha value is -2.17. The quantitative estimate of drug-likeness (QED) is 0.650. The van der Waals surface area contributed by atoms with Gasteiger partial charge in [-0.1, -0.05) is 0 Å². The van der Waals surface area contributed by atoms with E-state index in [0.717, 1.165) is 17.4 Å². The van der Waals surface area contributed by atoms with Crippen molar-refractivity contribution in [2.24, 2.45) is 0 Å². The van der Waals surface area contributed by atoms with Crippen LogP contribution in [0.5, 0.6) is 0 Å². The van der Waals surface area contributed by atoms with Crippen LogP contribution in [-0.2, 0) is 14.3 Å². The fraction of sp³-hybridized carbons (Fsp3) is 0.308. The van der Waals surface area contributed by atoms with Crippen LogP contribution in [0.25, 0.3) is 0 Å². The van der Waals surface area contributed by atoms with Gasteiger partial charge in [-0.15, -0.1) is 0 Å². The Kier molecular flexibility index (Phi) is 4.59. The van der Waals surface area contributed by atoms with Crippen molar-refractivity contribution in [3.05, 3.63) is 28.8 Å². The van der Waals surface area contributed by atoms with Gasteiger partial charge in [0.15, 0.2) is 6.61 Å². The van der Waals surface area contributed by atoms with Gasteiger partial charge in [0, 0.05) is 18.2 Å². The van der Waals surface area contributed by atoms with E-state index in [9.17, 15) is 14.4 Å². The van der Waals surface area contributed by atoms with Gasteiger partial charge in [0.1, 0.15) is 6.29 Å². The van der Waals surface area contributed by atoms with Crippen molar-refractivity contribution in [3.8, 4) is 0 Å². The molecule has 1 aromatic carbocycles. The number of benzene rings is 1. The summed E-state index contributed by atoms with van der Waals surface area (Å²) in [5.74, 6) is -0.912. The fourth-order valence-electron chi connectivity index (χ4n) is 1.60. The van der Waals surface area contributed by atoms with Crippen molar-refractivity contribution in [3.63, 3.8) is 0 Å². The molecule has 0 fully saturated rings. The molecule has 0 aromatic heterocycles. The number of hydrogen-bond acceptors (Lipinski definition) is 4. The molecule has 1 rings (SSSR count). The monoisotopic (exact) mass is 249 g/mol. The van der Waals surface area contributed by atoms with Crippen LogP contribution in [0.3, 0.4) is 0 Å². The molecule has 5 nitrogen and oxygen atoms in total. The number of aldehydes is 1. The molecule has 0 saturated carbocycles. The van der Waals surface area contributed by atoms with Crippen LogP contribution in [0.15, 0.2) is 12.1 Å². The number of nitrogens with one attached hydrogen (secondary N) is 1. The summed E-state index contributed by atoms with van der Waals surface area (Å²) in [6, 6.07) is 3.36. The number of carbonyl (C=O) groups excluding carboxylic acids is 3. The number of rotatable bonds is 4. The second-order valence-electron chi connectivity index (χ2n) is 3.98. The largest absolute Gasteiger partial charge is 0.456 e. The summed E-state index contributed by atoms with van der Waals surface area (Å²) in [5, 5.41) is 2.65. The third-order valence-electron chi connectivity index (χ3n) is 2.36. The predicted molar refractivity (Wildman–Crippen MR) is 66.6 cm³/mol. The van der Waals surface area contributed by atoms with E-state index >= 15 is 0 Å². The summed E-state index contributed by atoms with van der Waals surface area (Å²) in [7, 11) is 0. The number of amides is 1. The lowest BCUT2D eigenvalue weighted by Crippen LogP contribution is -2.21. The van der Waals surface area contributed by atoms with Gasteiger partial charge < -0.3 is 10.1 Å². The molecule has 0 bridgehead atoms. The van der Waals surface area contributed by atoms with E-state index in [-0.39, 0.29) is 6.61 Å². The number of esters is 1. The van der Waals surface area contributed by atoms with Crippen LogP contribution in [0.4, 0.5) is 5.69 Å². The molecule has 0 atom stereocenters. The summed E-state index contributed by atoms with van der Waals surface area (Å²) in [6.07, 6.45) is 0.754. The summed E-state index contributed by atoms with van der Waals surface area (Å²) in [5.41, 5.74) is 2.77. The lowest BCUT2D eigenvalue weighted by Gasteiger charge is -2.12. The van der Waals surface area contributed by atoms with Crippen molar-refractivity contribution in [1.82, 2.24) is 0 Å². The molecule has 0 radical (unpaired) electrons. The molecule has 1 amide bonds. The van der Waals surface area contributed by atoms with E-state index in [2.05, 4.69) is 10.1 Å². The molecule has 0 aliphatic heterocycles. The van der Waals surface area contributed by atoms with E-state index in [0.29, 0.717) is 11.3 Å². The molecule has 0 spiro atoms. The van der Waals surface area contributed by atoms with Crippen molar-refractivity contribution >= 4 is 23.9 Å². The molecule has 96 valence electrons. The molecule has 5 heteroatoms. The molecular formula is C13H15NO4. The Morgan fingerprint density at radius 3 is 2.28 bits per heavy atom.